The minimum absolute atomic E-state index is 0.0477. The Hall–Kier alpha value is -5.21. The summed E-state index contributed by atoms with van der Waals surface area (Å²) in [6.45, 7) is 8.98. The first-order chi connectivity index (χ1) is 29.7. The molecule has 11 nitrogen and oxygen atoms in total. The van der Waals surface area contributed by atoms with Gasteiger partial charge in [-0.1, -0.05) is 121 Å². The zero-order valence-electron chi connectivity index (χ0n) is 35.8. The van der Waals surface area contributed by atoms with Crippen molar-refractivity contribution >= 4 is 21.9 Å². The summed E-state index contributed by atoms with van der Waals surface area (Å²) < 4.78 is 48.7. The Morgan fingerprint density at radius 3 is 2.21 bits per heavy atom. The third kappa shape index (κ3) is 11.6. The Bertz CT molecular complexity index is 2380. The van der Waals surface area contributed by atoms with Crippen LogP contribution in [0.1, 0.15) is 85.8 Å². The second-order valence-electron chi connectivity index (χ2n) is 17.2. The second-order valence-corrected chi connectivity index (χ2v) is 18.9. The molecule has 7 rings (SSSR count). The summed E-state index contributed by atoms with van der Waals surface area (Å²) in [6, 6.07) is 38.0. The first kappa shape index (κ1) is 44.8. The number of hydrogen-bond donors (Lipinski definition) is 3. The Balaban J connectivity index is 1.07. The van der Waals surface area contributed by atoms with E-state index < -0.39 is 33.9 Å². The fourth-order valence-electron chi connectivity index (χ4n) is 8.07. The Labute approximate surface area is 365 Å². The molecule has 5 atom stereocenters. The molecule has 0 unspecified atom stereocenters. The van der Waals surface area contributed by atoms with Crippen LogP contribution in [0, 0.1) is 6.92 Å². The summed E-state index contributed by atoms with van der Waals surface area (Å²) in [5.74, 6) is -0.650. The van der Waals surface area contributed by atoms with Gasteiger partial charge in [0, 0.05) is 25.1 Å². The molecule has 0 radical (unpaired) electrons. The van der Waals surface area contributed by atoms with Gasteiger partial charge < -0.3 is 24.6 Å². The summed E-state index contributed by atoms with van der Waals surface area (Å²) in [6.07, 6.45) is 1.18. The highest BCUT2D eigenvalue weighted by Crippen LogP contribution is 2.39. The van der Waals surface area contributed by atoms with Gasteiger partial charge in [0.15, 0.2) is 6.29 Å². The largest absolute Gasteiger partial charge is 0.459 e. The Morgan fingerprint density at radius 1 is 0.839 bits per heavy atom. The van der Waals surface area contributed by atoms with E-state index in [4.69, 9.17) is 14.2 Å². The maximum atomic E-state index is 13.9. The van der Waals surface area contributed by atoms with Crippen molar-refractivity contribution in [3.8, 4) is 11.1 Å². The quantitative estimate of drug-likeness (QED) is 0.0903. The van der Waals surface area contributed by atoms with E-state index in [0.29, 0.717) is 13.0 Å². The highest BCUT2D eigenvalue weighted by molar-refractivity contribution is 7.89. The lowest BCUT2D eigenvalue weighted by molar-refractivity contribution is -0.253. The van der Waals surface area contributed by atoms with Crippen LogP contribution in [-0.4, -0.2) is 67.2 Å². The van der Waals surface area contributed by atoms with E-state index in [0.717, 1.165) is 63.9 Å². The van der Waals surface area contributed by atoms with Gasteiger partial charge in [-0.3, -0.25) is 14.5 Å². The van der Waals surface area contributed by atoms with Crippen molar-refractivity contribution in [3.63, 3.8) is 0 Å². The number of aliphatic hydroxyl groups is 1. The third-order valence-corrected chi connectivity index (χ3v) is 12.8. The SMILES string of the molecule is Cc1ccc(S(=O)(=O)N[C@H](Cc2ccccc2)C(=O)NCc2ccccc2-c2ccc([C@H]3O[C@@H](CN4CCC[C@H]4C(=O)OC(C)(C)C)C[C@@H](c4ccc(CO)cc4)O3)cc2)cc1. The van der Waals surface area contributed by atoms with Gasteiger partial charge in [-0.15, -0.1) is 0 Å². The summed E-state index contributed by atoms with van der Waals surface area (Å²) in [5, 5.41) is 12.7. The molecule has 2 heterocycles. The molecule has 2 saturated heterocycles. The third-order valence-electron chi connectivity index (χ3n) is 11.3. The van der Waals surface area contributed by atoms with Crippen LogP contribution in [0.2, 0.25) is 0 Å². The lowest BCUT2D eigenvalue weighted by Crippen LogP contribution is -2.47. The van der Waals surface area contributed by atoms with Crippen LogP contribution in [0.3, 0.4) is 0 Å². The van der Waals surface area contributed by atoms with Crippen molar-refractivity contribution in [2.45, 2.75) is 108 Å². The molecule has 326 valence electrons. The van der Waals surface area contributed by atoms with Crippen LogP contribution in [0.15, 0.2) is 132 Å². The van der Waals surface area contributed by atoms with Gasteiger partial charge in [0.2, 0.25) is 15.9 Å². The standard InChI is InChI=1S/C50H57N3O8S/c1-34-16-26-42(27-17-34)62(57,58)52-44(29-35-11-6-5-7-12-35)47(55)51-31-40-13-8-9-14-43(40)37-22-24-39(25-23-37)49-59-41(30-46(60-49)38-20-18-36(33-54)19-21-38)32-53-28-10-15-45(53)48(56)61-50(2,3)4/h5-9,11-14,16-27,41,44-46,49,52,54H,10,15,28-33H2,1-4H3,(H,51,55)/t41-,44-,45+,46+,49+/m1/s1. The van der Waals surface area contributed by atoms with E-state index in [1.807, 2.05) is 131 Å². The number of rotatable bonds is 15. The summed E-state index contributed by atoms with van der Waals surface area (Å²) in [5.41, 5.74) is 6.49. The number of likely N-dealkylation sites (tertiary alicyclic amines) is 1. The molecule has 5 aromatic rings. The predicted molar refractivity (Wildman–Crippen MR) is 238 cm³/mol. The molecule has 1 amide bonds. The van der Waals surface area contributed by atoms with E-state index in [2.05, 4.69) is 14.9 Å². The molecule has 0 aromatic heterocycles. The first-order valence-corrected chi connectivity index (χ1v) is 22.8. The fraction of sp³-hybridized carbons (Fsp3) is 0.360. The van der Waals surface area contributed by atoms with Crippen LogP contribution in [-0.2, 0) is 53.4 Å². The number of carbonyl (C=O) groups is 2. The number of esters is 1. The Morgan fingerprint density at radius 2 is 1.52 bits per heavy atom. The summed E-state index contributed by atoms with van der Waals surface area (Å²) >= 11 is 0. The molecular weight excluding hydrogens is 803 g/mol. The van der Waals surface area contributed by atoms with Crippen LogP contribution in [0.5, 0.6) is 0 Å². The monoisotopic (exact) mass is 859 g/mol. The molecule has 62 heavy (non-hydrogen) atoms. The van der Waals surface area contributed by atoms with Crippen LogP contribution >= 0.6 is 0 Å². The number of aryl methyl sites for hydroxylation is 1. The molecule has 12 heteroatoms. The molecule has 0 spiro atoms. The van der Waals surface area contributed by atoms with E-state index in [1.54, 1.807) is 12.1 Å². The maximum absolute atomic E-state index is 13.9. The average molecular weight is 860 g/mol. The topological polar surface area (TPSA) is 144 Å². The molecular formula is C50H57N3O8S. The minimum Gasteiger partial charge on any atom is -0.459 e. The number of nitrogens with zero attached hydrogens (tertiary/aromatic N) is 1. The number of hydrogen-bond acceptors (Lipinski definition) is 9. The van der Waals surface area contributed by atoms with Gasteiger partial charge in [0.05, 0.1) is 23.7 Å². The minimum atomic E-state index is -3.99. The molecule has 0 bridgehead atoms. The van der Waals surface area contributed by atoms with Crippen molar-refractivity contribution in [2.24, 2.45) is 0 Å². The van der Waals surface area contributed by atoms with E-state index in [1.165, 1.54) is 12.1 Å². The van der Waals surface area contributed by atoms with Crippen LogP contribution in [0.4, 0.5) is 0 Å². The van der Waals surface area contributed by atoms with E-state index >= 15 is 0 Å². The first-order valence-electron chi connectivity index (χ1n) is 21.3. The molecule has 5 aromatic carbocycles. The van der Waals surface area contributed by atoms with Gasteiger partial charge >= 0.3 is 5.97 Å². The number of ether oxygens (including phenoxy) is 3. The Kier molecular flexibility index (Phi) is 14.4. The maximum Gasteiger partial charge on any atom is 0.323 e. The number of nitrogens with one attached hydrogen (secondary N) is 2. The predicted octanol–water partition coefficient (Wildman–Crippen LogP) is 7.71. The molecule has 3 N–H and O–H groups in total. The number of carbonyl (C=O) groups excluding carboxylic acids is 2. The smallest absolute Gasteiger partial charge is 0.323 e. The molecule has 2 fully saturated rings. The normalized spacial score (nSPS) is 20.1. The molecule has 0 saturated carbocycles. The van der Waals surface area contributed by atoms with Gasteiger partial charge in [0.25, 0.3) is 0 Å². The van der Waals surface area contributed by atoms with Crippen molar-refractivity contribution < 1.29 is 37.3 Å². The lowest BCUT2D eigenvalue weighted by Gasteiger charge is -2.38. The number of sulfonamides is 1. The van der Waals surface area contributed by atoms with E-state index in [-0.39, 0.29) is 48.7 Å². The zero-order chi connectivity index (χ0) is 43.9. The lowest BCUT2D eigenvalue weighted by atomic mass is 9.97. The highest BCUT2D eigenvalue weighted by Gasteiger charge is 2.39. The fourth-order valence-corrected chi connectivity index (χ4v) is 9.26. The van der Waals surface area contributed by atoms with Crippen molar-refractivity contribution in [1.82, 2.24) is 14.9 Å². The van der Waals surface area contributed by atoms with Crippen LogP contribution in [0.25, 0.3) is 11.1 Å². The highest BCUT2D eigenvalue weighted by atomic mass is 32.2. The summed E-state index contributed by atoms with van der Waals surface area (Å²) in [7, 11) is -3.99. The van der Waals surface area contributed by atoms with Crippen molar-refractivity contribution in [1.29, 1.82) is 0 Å². The second kappa shape index (κ2) is 19.9. The van der Waals surface area contributed by atoms with Crippen molar-refractivity contribution in [2.75, 3.05) is 13.1 Å². The number of amides is 1. The molecule has 0 aliphatic carbocycles. The number of aliphatic hydroxyl groups excluding tert-OH is 1. The molecule has 2 aliphatic rings. The average Bonchev–Trinajstić information content (AvgIpc) is 3.73. The van der Waals surface area contributed by atoms with Gasteiger partial charge in [0.1, 0.15) is 17.7 Å². The zero-order valence-corrected chi connectivity index (χ0v) is 36.6. The van der Waals surface area contributed by atoms with Crippen LogP contribution < -0.4 is 10.0 Å². The van der Waals surface area contributed by atoms with Gasteiger partial charge in [-0.05, 0) is 99.0 Å². The van der Waals surface area contributed by atoms with E-state index in [9.17, 15) is 23.1 Å². The van der Waals surface area contributed by atoms with Crippen molar-refractivity contribution in [3.05, 3.63) is 161 Å². The summed E-state index contributed by atoms with van der Waals surface area (Å²) in [4.78, 5) is 29.3. The molecule has 2 aliphatic heterocycles. The van der Waals surface area contributed by atoms with Gasteiger partial charge in [-0.2, -0.15) is 4.72 Å². The number of benzene rings is 5. The van der Waals surface area contributed by atoms with Gasteiger partial charge in [-0.25, -0.2) is 8.42 Å².